The van der Waals surface area contributed by atoms with Gasteiger partial charge >= 0.3 is 5.97 Å². The number of nitrogens with one attached hydrogen (secondary N) is 1. The lowest BCUT2D eigenvalue weighted by atomic mass is 10.2. The summed E-state index contributed by atoms with van der Waals surface area (Å²) in [5.41, 5.74) is 0.468. The van der Waals surface area contributed by atoms with Crippen molar-refractivity contribution in [1.82, 2.24) is 10.2 Å². The Bertz CT molecular complexity index is 509. The minimum Gasteiger partial charge on any atom is -0.482 e. The van der Waals surface area contributed by atoms with E-state index in [1.165, 1.54) is 12.3 Å². The van der Waals surface area contributed by atoms with E-state index in [-0.39, 0.29) is 5.75 Å². The highest BCUT2D eigenvalue weighted by atomic mass is 19.1. The van der Waals surface area contributed by atoms with Crippen molar-refractivity contribution in [3.8, 4) is 5.75 Å². The van der Waals surface area contributed by atoms with Crippen LogP contribution >= 0.6 is 0 Å². The van der Waals surface area contributed by atoms with Crippen LogP contribution in [0.4, 0.5) is 4.39 Å². The lowest BCUT2D eigenvalue weighted by Crippen LogP contribution is -2.09. The van der Waals surface area contributed by atoms with Gasteiger partial charge < -0.3 is 9.84 Å². The molecule has 1 heterocycles. The van der Waals surface area contributed by atoms with Gasteiger partial charge in [0.15, 0.2) is 6.61 Å². The fourth-order valence-electron chi connectivity index (χ4n) is 1.21. The number of aliphatic carboxylic acids is 1. The van der Waals surface area contributed by atoms with Gasteiger partial charge in [-0.25, -0.2) is 9.18 Å². The second-order valence-corrected chi connectivity index (χ2v) is 2.92. The van der Waals surface area contributed by atoms with Gasteiger partial charge in [0.2, 0.25) is 0 Å². The fraction of sp³-hybridized carbons (Fsp3) is 0.111. The van der Waals surface area contributed by atoms with Crippen molar-refractivity contribution in [3.63, 3.8) is 0 Å². The number of halogens is 1. The Morgan fingerprint density at radius 3 is 3.13 bits per heavy atom. The number of aromatic nitrogens is 2. The van der Waals surface area contributed by atoms with Gasteiger partial charge in [-0.1, -0.05) is 0 Å². The van der Waals surface area contributed by atoms with Gasteiger partial charge in [0.05, 0.1) is 17.1 Å². The summed E-state index contributed by atoms with van der Waals surface area (Å²) < 4.78 is 18.2. The second-order valence-electron chi connectivity index (χ2n) is 2.92. The summed E-state index contributed by atoms with van der Waals surface area (Å²) in [5, 5.41) is 15.0. The molecule has 1 aromatic heterocycles. The number of nitrogens with zero attached hydrogens (tertiary/aromatic N) is 1. The lowest BCUT2D eigenvalue weighted by Gasteiger charge is -2.03. The third kappa shape index (κ3) is 1.88. The zero-order chi connectivity index (χ0) is 10.8. The van der Waals surface area contributed by atoms with E-state index in [0.717, 1.165) is 6.07 Å². The highest BCUT2D eigenvalue weighted by Crippen LogP contribution is 2.22. The Morgan fingerprint density at radius 2 is 2.40 bits per heavy atom. The summed E-state index contributed by atoms with van der Waals surface area (Å²) in [6, 6.07) is 2.62. The maximum atomic E-state index is 13.3. The highest BCUT2D eigenvalue weighted by molar-refractivity contribution is 5.80. The molecule has 0 amide bonds. The normalized spacial score (nSPS) is 10.5. The molecule has 5 nitrogen and oxygen atoms in total. The molecule has 15 heavy (non-hydrogen) atoms. The predicted octanol–water partition coefficient (Wildman–Crippen LogP) is 1.17. The Kier molecular flexibility index (Phi) is 2.24. The molecule has 1 aromatic carbocycles. The van der Waals surface area contributed by atoms with E-state index < -0.39 is 18.4 Å². The summed E-state index contributed by atoms with van der Waals surface area (Å²) in [7, 11) is 0. The van der Waals surface area contributed by atoms with Crippen molar-refractivity contribution in [3.05, 3.63) is 24.1 Å². The summed E-state index contributed by atoms with van der Waals surface area (Å²) in [4.78, 5) is 10.2. The average molecular weight is 210 g/mol. The monoisotopic (exact) mass is 210 g/mol. The number of aromatic amines is 1. The smallest absolute Gasteiger partial charge is 0.341 e. The maximum absolute atomic E-state index is 13.3. The molecule has 0 bridgehead atoms. The molecule has 2 rings (SSSR count). The van der Waals surface area contributed by atoms with Crippen LogP contribution in [0.1, 0.15) is 0 Å². The Hall–Kier alpha value is -2.11. The Balaban J connectivity index is 2.32. The number of carboxylic acid groups (broad SMARTS) is 1. The topological polar surface area (TPSA) is 75.2 Å². The molecule has 0 saturated carbocycles. The molecular formula is C9H7FN2O3. The number of carboxylic acids is 1. The third-order valence-electron chi connectivity index (χ3n) is 1.84. The van der Waals surface area contributed by atoms with Crippen molar-refractivity contribution in [2.24, 2.45) is 0 Å². The summed E-state index contributed by atoms with van der Waals surface area (Å²) in [6.07, 6.45) is 1.35. The van der Waals surface area contributed by atoms with Crippen LogP contribution in [0.5, 0.6) is 5.75 Å². The number of ether oxygens (including phenoxy) is 1. The molecule has 0 unspecified atom stereocenters. The standard InChI is InChI=1S/C9H7FN2O3/c10-7-1-5(15-4-9(13)14)2-8-6(7)3-11-12-8/h1-3H,4H2,(H,11,12)(H,13,14). The van der Waals surface area contributed by atoms with Crippen LogP contribution in [0.25, 0.3) is 10.9 Å². The van der Waals surface area contributed by atoms with Crippen LogP contribution in [0.15, 0.2) is 18.3 Å². The lowest BCUT2D eigenvalue weighted by molar-refractivity contribution is -0.139. The van der Waals surface area contributed by atoms with Crippen LogP contribution in [0.3, 0.4) is 0 Å². The van der Waals surface area contributed by atoms with E-state index in [1.54, 1.807) is 0 Å². The summed E-state index contributed by atoms with van der Waals surface area (Å²) >= 11 is 0. The van der Waals surface area contributed by atoms with E-state index in [4.69, 9.17) is 9.84 Å². The van der Waals surface area contributed by atoms with Gasteiger partial charge in [0.25, 0.3) is 0 Å². The first-order valence-corrected chi connectivity index (χ1v) is 4.14. The largest absolute Gasteiger partial charge is 0.482 e. The minimum absolute atomic E-state index is 0.159. The molecule has 2 aromatic rings. The number of carbonyl (C=O) groups is 1. The van der Waals surface area contributed by atoms with Gasteiger partial charge in [0.1, 0.15) is 11.6 Å². The molecule has 0 radical (unpaired) electrons. The maximum Gasteiger partial charge on any atom is 0.341 e. The van der Waals surface area contributed by atoms with Crippen molar-refractivity contribution in [2.75, 3.05) is 6.61 Å². The Morgan fingerprint density at radius 1 is 1.60 bits per heavy atom. The molecule has 0 fully saturated rings. The number of H-pyrrole nitrogens is 1. The summed E-state index contributed by atoms with van der Waals surface area (Å²) in [5.74, 6) is -1.45. The third-order valence-corrected chi connectivity index (χ3v) is 1.84. The van der Waals surface area contributed by atoms with Crippen LogP contribution in [0, 0.1) is 5.82 Å². The van der Waals surface area contributed by atoms with Crippen molar-refractivity contribution in [1.29, 1.82) is 0 Å². The van der Waals surface area contributed by atoms with Gasteiger partial charge in [-0.3, -0.25) is 5.10 Å². The van der Waals surface area contributed by atoms with Crippen LogP contribution in [-0.4, -0.2) is 27.9 Å². The quantitative estimate of drug-likeness (QED) is 0.797. The molecule has 78 valence electrons. The fourth-order valence-corrected chi connectivity index (χ4v) is 1.21. The van der Waals surface area contributed by atoms with E-state index in [1.807, 2.05) is 0 Å². The first kappa shape index (κ1) is 9.45. The van der Waals surface area contributed by atoms with Gasteiger partial charge in [-0.05, 0) is 0 Å². The van der Waals surface area contributed by atoms with Crippen LogP contribution in [-0.2, 0) is 4.79 Å². The Labute approximate surface area is 83.5 Å². The molecule has 0 aliphatic carbocycles. The first-order chi connectivity index (χ1) is 7.16. The van der Waals surface area contributed by atoms with Crippen LogP contribution < -0.4 is 4.74 Å². The summed E-state index contributed by atoms with van der Waals surface area (Å²) in [6.45, 7) is -0.501. The van der Waals surface area contributed by atoms with E-state index in [0.29, 0.717) is 10.9 Å². The SMILES string of the molecule is O=C(O)COc1cc(F)c2cn[nH]c2c1. The number of hydrogen-bond donors (Lipinski definition) is 2. The predicted molar refractivity (Wildman–Crippen MR) is 49.2 cm³/mol. The highest BCUT2D eigenvalue weighted by Gasteiger charge is 2.07. The number of hydrogen-bond acceptors (Lipinski definition) is 3. The molecule has 0 saturated heterocycles. The molecule has 0 spiro atoms. The molecule has 2 N–H and O–H groups in total. The molecule has 0 aliphatic rings. The number of rotatable bonds is 3. The molecule has 0 atom stereocenters. The first-order valence-electron chi connectivity index (χ1n) is 4.14. The van der Waals surface area contributed by atoms with Crippen molar-refractivity contribution in [2.45, 2.75) is 0 Å². The second kappa shape index (κ2) is 3.56. The van der Waals surface area contributed by atoms with E-state index in [2.05, 4.69) is 10.2 Å². The number of fused-ring (bicyclic) bond motifs is 1. The minimum atomic E-state index is -1.11. The zero-order valence-corrected chi connectivity index (χ0v) is 7.53. The van der Waals surface area contributed by atoms with Gasteiger partial charge in [-0.15, -0.1) is 0 Å². The zero-order valence-electron chi connectivity index (χ0n) is 7.53. The van der Waals surface area contributed by atoms with E-state index in [9.17, 15) is 9.18 Å². The molecular weight excluding hydrogens is 203 g/mol. The molecule has 0 aliphatic heterocycles. The average Bonchev–Trinajstić information content (AvgIpc) is 2.63. The van der Waals surface area contributed by atoms with Gasteiger partial charge in [0, 0.05) is 12.1 Å². The van der Waals surface area contributed by atoms with Crippen molar-refractivity contribution >= 4 is 16.9 Å². The van der Waals surface area contributed by atoms with Crippen molar-refractivity contribution < 1.29 is 19.0 Å². The van der Waals surface area contributed by atoms with Crippen LogP contribution in [0.2, 0.25) is 0 Å². The van der Waals surface area contributed by atoms with Gasteiger partial charge in [-0.2, -0.15) is 5.10 Å². The van der Waals surface area contributed by atoms with E-state index >= 15 is 0 Å². The number of benzene rings is 1. The molecule has 6 heteroatoms.